The molecule has 1 fully saturated rings. The quantitative estimate of drug-likeness (QED) is 0.609. The summed E-state index contributed by atoms with van der Waals surface area (Å²) in [7, 11) is 0. The standard InChI is InChI=1S/C15H23NO3/c1-3-4-7-18-10-13-8-11(2)15(19-13)14-6-5-12(9-17)16-14/h5-6,9,11,13,15-16H,3-4,7-8,10H2,1-2H3/t11-,13?,15?/m0/s1. The normalized spacial score (nSPS) is 26.7. The van der Waals surface area contributed by atoms with Crippen LogP contribution in [0.15, 0.2) is 12.1 Å². The van der Waals surface area contributed by atoms with Crippen molar-refractivity contribution in [2.24, 2.45) is 5.92 Å². The summed E-state index contributed by atoms with van der Waals surface area (Å²) >= 11 is 0. The number of rotatable bonds is 7. The Morgan fingerprint density at radius 3 is 3.05 bits per heavy atom. The third-order valence-electron chi connectivity index (χ3n) is 3.60. The molecule has 1 N–H and O–H groups in total. The van der Waals surface area contributed by atoms with Gasteiger partial charge >= 0.3 is 0 Å². The predicted octanol–water partition coefficient (Wildman–Crippen LogP) is 3.11. The predicted molar refractivity (Wildman–Crippen MR) is 73.3 cm³/mol. The first-order valence-electron chi connectivity index (χ1n) is 7.12. The van der Waals surface area contributed by atoms with Crippen LogP contribution in [-0.2, 0) is 9.47 Å². The van der Waals surface area contributed by atoms with E-state index in [1.807, 2.05) is 6.07 Å². The van der Waals surface area contributed by atoms with E-state index in [0.717, 1.165) is 37.8 Å². The summed E-state index contributed by atoms with van der Waals surface area (Å²) in [6.07, 6.45) is 4.31. The third-order valence-corrected chi connectivity index (χ3v) is 3.60. The summed E-state index contributed by atoms with van der Waals surface area (Å²) < 4.78 is 11.7. The highest BCUT2D eigenvalue weighted by Crippen LogP contribution is 2.37. The Hall–Kier alpha value is -1.13. The van der Waals surface area contributed by atoms with E-state index >= 15 is 0 Å². The second-order valence-electron chi connectivity index (χ2n) is 5.31. The maximum Gasteiger partial charge on any atom is 0.166 e. The summed E-state index contributed by atoms with van der Waals surface area (Å²) in [5, 5.41) is 0. The summed E-state index contributed by atoms with van der Waals surface area (Å²) in [4.78, 5) is 13.8. The zero-order valence-electron chi connectivity index (χ0n) is 11.7. The van der Waals surface area contributed by atoms with Crippen LogP contribution in [-0.4, -0.2) is 30.6 Å². The van der Waals surface area contributed by atoms with E-state index < -0.39 is 0 Å². The molecule has 0 aromatic carbocycles. The number of hydrogen-bond donors (Lipinski definition) is 1. The van der Waals surface area contributed by atoms with Crippen molar-refractivity contribution < 1.29 is 14.3 Å². The maximum atomic E-state index is 10.7. The Morgan fingerprint density at radius 1 is 1.53 bits per heavy atom. The molecule has 1 aromatic heterocycles. The lowest BCUT2D eigenvalue weighted by molar-refractivity contribution is -0.0210. The number of aromatic amines is 1. The molecule has 19 heavy (non-hydrogen) atoms. The van der Waals surface area contributed by atoms with Crippen molar-refractivity contribution in [2.45, 2.75) is 45.3 Å². The number of aldehydes is 1. The van der Waals surface area contributed by atoms with Gasteiger partial charge < -0.3 is 14.5 Å². The molecule has 1 aliphatic heterocycles. The molecule has 1 saturated heterocycles. The second-order valence-corrected chi connectivity index (χ2v) is 5.31. The first-order valence-corrected chi connectivity index (χ1v) is 7.12. The monoisotopic (exact) mass is 265 g/mol. The van der Waals surface area contributed by atoms with Gasteiger partial charge in [0.25, 0.3) is 0 Å². The van der Waals surface area contributed by atoms with Gasteiger partial charge in [0, 0.05) is 12.3 Å². The van der Waals surface area contributed by atoms with Crippen molar-refractivity contribution in [3.63, 3.8) is 0 Å². The average Bonchev–Trinajstić information content (AvgIpc) is 3.01. The SMILES string of the molecule is CCCCOCC1C[C@H](C)C(c2ccc(C=O)[nH]2)O1. The van der Waals surface area contributed by atoms with E-state index in [4.69, 9.17) is 9.47 Å². The molecule has 0 amide bonds. The van der Waals surface area contributed by atoms with Gasteiger partial charge in [-0.05, 0) is 30.9 Å². The first-order chi connectivity index (χ1) is 9.24. The topological polar surface area (TPSA) is 51.3 Å². The number of nitrogens with one attached hydrogen (secondary N) is 1. The van der Waals surface area contributed by atoms with Crippen LogP contribution in [0.5, 0.6) is 0 Å². The fourth-order valence-corrected chi connectivity index (χ4v) is 2.55. The Morgan fingerprint density at radius 2 is 2.37 bits per heavy atom. The molecule has 0 bridgehead atoms. The summed E-state index contributed by atoms with van der Waals surface area (Å²) in [5.74, 6) is 0.443. The van der Waals surface area contributed by atoms with Gasteiger partial charge in [-0.3, -0.25) is 4.79 Å². The van der Waals surface area contributed by atoms with Gasteiger partial charge in [0.15, 0.2) is 6.29 Å². The van der Waals surface area contributed by atoms with Crippen LogP contribution in [0.4, 0.5) is 0 Å². The van der Waals surface area contributed by atoms with Crippen molar-refractivity contribution in [3.8, 4) is 0 Å². The van der Waals surface area contributed by atoms with Crippen LogP contribution in [0.3, 0.4) is 0 Å². The largest absolute Gasteiger partial charge is 0.379 e. The zero-order chi connectivity index (χ0) is 13.7. The first kappa shape index (κ1) is 14.3. The Bertz CT molecular complexity index is 402. The van der Waals surface area contributed by atoms with Crippen molar-refractivity contribution in [1.29, 1.82) is 0 Å². The van der Waals surface area contributed by atoms with Gasteiger partial charge in [-0.2, -0.15) is 0 Å². The maximum absolute atomic E-state index is 10.7. The van der Waals surface area contributed by atoms with Crippen LogP contribution in [0.2, 0.25) is 0 Å². The molecule has 0 spiro atoms. The molecule has 1 aromatic rings. The van der Waals surface area contributed by atoms with Gasteiger partial charge in [-0.1, -0.05) is 20.3 Å². The molecule has 0 aliphatic carbocycles. The summed E-state index contributed by atoms with van der Waals surface area (Å²) in [6.45, 7) is 5.82. The van der Waals surface area contributed by atoms with Crippen LogP contribution in [0.1, 0.15) is 55.4 Å². The minimum Gasteiger partial charge on any atom is -0.379 e. The Labute approximate surface area is 114 Å². The lowest BCUT2D eigenvalue weighted by atomic mass is 10.00. The summed E-state index contributed by atoms with van der Waals surface area (Å²) in [6, 6.07) is 3.73. The van der Waals surface area contributed by atoms with E-state index in [9.17, 15) is 4.79 Å². The zero-order valence-corrected chi connectivity index (χ0v) is 11.7. The van der Waals surface area contributed by atoms with Crippen LogP contribution >= 0.6 is 0 Å². The molecule has 2 unspecified atom stereocenters. The number of H-pyrrole nitrogens is 1. The van der Waals surface area contributed by atoms with Crippen molar-refractivity contribution in [2.75, 3.05) is 13.2 Å². The van der Waals surface area contributed by atoms with Gasteiger partial charge in [0.05, 0.1) is 18.4 Å². The number of ether oxygens (including phenoxy) is 2. The van der Waals surface area contributed by atoms with Crippen molar-refractivity contribution in [3.05, 3.63) is 23.5 Å². The number of hydrogen-bond acceptors (Lipinski definition) is 3. The molecule has 2 heterocycles. The lowest BCUT2D eigenvalue weighted by Gasteiger charge is -2.14. The number of unbranched alkanes of at least 4 members (excludes halogenated alkanes) is 1. The van der Waals surface area contributed by atoms with Gasteiger partial charge in [0.2, 0.25) is 0 Å². The van der Waals surface area contributed by atoms with Gasteiger partial charge in [-0.25, -0.2) is 0 Å². The molecule has 0 radical (unpaired) electrons. The van der Waals surface area contributed by atoms with E-state index in [1.165, 1.54) is 0 Å². The smallest absolute Gasteiger partial charge is 0.166 e. The fourth-order valence-electron chi connectivity index (χ4n) is 2.55. The highest BCUT2D eigenvalue weighted by atomic mass is 16.5. The molecular formula is C15H23NO3. The molecule has 3 atom stereocenters. The highest BCUT2D eigenvalue weighted by molar-refractivity contribution is 5.72. The van der Waals surface area contributed by atoms with E-state index in [2.05, 4.69) is 18.8 Å². The van der Waals surface area contributed by atoms with E-state index in [-0.39, 0.29) is 12.2 Å². The molecule has 2 rings (SSSR count). The van der Waals surface area contributed by atoms with Gasteiger partial charge in [-0.15, -0.1) is 0 Å². The van der Waals surface area contributed by atoms with Crippen LogP contribution in [0.25, 0.3) is 0 Å². The molecule has 106 valence electrons. The van der Waals surface area contributed by atoms with Crippen molar-refractivity contribution >= 4 is 6.29 Å². The molecule has 1 aliphatic rings. The third kappa shape index (κ3) is 3.67. The van der Waals surface area contributed by atoms with Crippen molar-refractivity contribution in [1.82, 2.24) is 4.98 Å². The second kappa shape index (κ2) is 6.87. The minimum absolute atomic E-state index is 0.0495. The van der Waals surface area contributed by atoms with Crippen LogP contribution in [0, 0.1) is 5.92 Å². The Kier molecular flexibility index (Phi) is 5.16. The highest BCUT2D eigenvalue weighted by Gasteiger charge is 2.34. The molecular weight excluding hydrogens is 242 g/mol. The number of aromatic nitrogens is 1. The minimum atomic E-state index is 0.0495. The van der Waals surface area contributed by atoms with Crippen LogP contribution < -0.4 is 0 Å². The van der Waals surface area contributed by atoms with Gasteiger partial charge in [0.1, 0.15) is 6.10 Å². The number of carbonyl (C=O) groups excluding carboxylic acids is 1. The molecule has 4 heteroatoms. The Balaban J connectivity index is 1.85. The average molecular weight is 265 g/mol. The van der Waals surface area contributed by atoms with E-state index in [1.54, 1.807) is 6.07 Å². The van der Waals surface area contributed by atoms with E-state index in [0.29, 0.717) is 18.2 Å². The fraction of sp³-hybridized carbons (Fsp3) is 0.667. The molecule has 4 nitrogen and oxygen atoms in total. The number of carbonyl (C=O) groups is 1. The summed E-state index contributed by atoms with van der Waals surface area (Å²) in [5.41, 5.74) is 1.60. The lowest BCUT2D eigenvalue weighted by Crippen LogP contribution is -2.15. The molecule has 0 saturated carbocycles.